The van der Waals surface area contributed by atoms with E-state index in [0.29, 0.717) is 11.7 Å². The Morgan fingerprint density at radius 3 is 2.70 bits per heavy atom. The molecule has 0 saturated carbocycles. The molecule has 1 heterocycles. The van der Waals surface area contributed by atoms with E-state index in [2.05, 4.69) is 17.1 Å². The molecule has 0 aliphatic carbocycles. The first kappa shape index (κ1) is 15.2. The van der Waals surface area contributed by atoms with Gasteiger partial charge in [0.2, 0.25) is 0 Å². The molecule has 1 fully saturated rings. The number of nitrogens with zero attached hydrogens (tertiary/aromatic N) is 1. The van der Waals surface area contributed by atoms with Gasteiger partial charge >= 0.3 is 6.18 Å². The van der Waals surface area contributed by atoms with Crippen LogP contribution in [0, 0.1) is 6.92 Å². The van der Waals surface area contributed by atoms with Gasteiger partial charge < -0.3 is 10.2 Å². The summed E-state index contributed by atoms with van der Waals surface area (Å²) in [7, 11) is 0. The summed E-state index contributed by atoms with van der Waals surface area (Å²) in [6, 6.07) is 5.06. The molecule has 0 aromatic heterocycles. The molecule has 0 spiro atoms. The van der Waals surface area contributed by atoms with Crippen LogP contribution in [0.3, 0.4) is 0 Å². The Hall–Kier alpha value is -1.23. The average Bonchev–Trinajstić information content (AvgIpc) is 2.34. The van der Waals surface area contributed by atoms with Crippen LogP contribution in [0.15, 0.2) is 18.2 Å². The third kappa shape index (κ3) is 3.66. The smallest absolute Gasteiger partial charge is 0.371 e. The minimum Gasteiger partial charge on any atom is -0.371 e. The van der Waals surface area contributed by atoms with Crippen LogP contribution >= 0.6 is 0 Å². The monoisotopic (exact) mass is 286 g/mol. The van der Waals surface area contributed by atoms with Crippen LogP contribution in [0.5, 0.6) is 0 Å². The highest BCUT2D eigenvalue weighted by atomic mass is 19.4. The van der Waals surface area contributed by atoms with Crippen LogP contribution in [0.4, 0.5) is 18.9 Å². The summed E-state index contributed by atoms with van der Waals surface area (Å²) in [6.07, 6.45) is -2.40. The van der Waals surface area contributed by atoms with Gasteiger partial charge in [0, 0.05) is 24.8 Å². The first-order chi connectivity index (χ1) is 9.38. The predicted octanol–water partition coefficient (Wildman–Crippen LogP) is 3.59. The lowest BCUT2D eigenvalue weighted by atomic mass is 10.1. The first-order valence-electron chi connectivity index (χ1n) is 7.04. The van der Waals surface area contributed by atoms with Crippen molar-refractivity contribution in [2.75, 3.05) is 24.5 Å². The molecule has 1 N–H and O–H groups in total. The second-order valence-corrected chi connectivity index (χ2v) is 5.48. The molecule has 1 saturated heterocycles. The Kier molecular flexibility index (Phi) is 4.58. The van der Waals surface area contributed by atoms with E-state index < -0.39 is 11.7 Å². The molecule has 20 heavy (non-hydrogen) atoms. The molecule has 1 aromatic rings. The summed E-state index contributed by atoms with van der Waals surface area (Å²) >= 11 is 0. The van der Waals surface area contributed by atoms with Crippen molar-refractivity contribution in [3.8, 4) is 0 Å². The fraction of sp³-hybridized carbons (Fsp3) is 0.600. The third-order valence-corrected chi connectivity index (χ3v) is 3.82. The highest BCUT2D eigenvalue weighted by molar-refractivity contribution is 5.51. The molecular weight excluding hydrogens is 265 g/mol. The largest absolute Gasteiger partial charge is 0.416 e. The summed E-state index contributed by atoms with van der Waals surface area (Å²) in [5.74, 6) is 0. The fourth-order valence-electron chi connectivity index (χ4n) is 2.55. The van der Waals surface area contributed by atoms with Crippen molar-refractivity contribution in [3.05, 3.63) is 29.3 Å². The SMILES string of the molecule is Cc1ccc(N2CCCNC(C)CC2)cc1C(F)(F)F. The van der Waals surface area contributed by atoms with Gasteiger partial charge in [-0.1, -0.05) is 6.07 Å². The van der Waals surface area contributed by atoms with Crippen LogP contribution in [0.25, 0.3) is 0 Å². The molecule has 1 atom stereocenters. The van der Waals surface area contributed by atoms with Gasteiger partial charge in [-0.3, -0.25) is 0 Å². The first-order valence-corrected chi connectivity index (χ1v) is 7.04. The van der Waals surface area contributed by atoms with Crippen LogP contribution in [0.1, 0.15) is 30.9 Å². The van der Waals surface area contributed by atoms with Gasteiger partial charge in [-0.15, -0.1) is 0 Å². The molecule has 112 valence electrons. The van der Waals surface area contributed by atoms with Crippen LogP contribution in [-0.4, -0.2) is 25.7 Å². The molecule has 0 amide bonds. The molecule has 1 aliphatic rings. The normalized spacial score (nSPS) is 21.4. The molecule has 5 heteroatoms. The second kappa shape index (κ2) is 6.04. The van der Waals surface area contributed by atoms with Crippen molar-refractivity contribution >= 4 is 5.69 Å². The lowest BCUT2D eigenvalue weighted by Crippen LogP contribution is -2.38. The van der Waals surface area contributed by atoms with Crippen LogP contribution < -0.4 is 10.2 Å². The Labute approximate surface area is 118 Å². The van der Waals surface area contributed by atoms with Crippen molar-refractivity contribution in [3.63, 3.8) is 0 Å². The summed E-state index contributed by atoms with van der Waals surface area (Å²) in [5.41, 5.74) is 0.434. The average molecular weight is 286 g/mol. The minimum atomic E-state index is -4.28. The van der Waals surface area contributed by atoms with E-state index in [1.807, 2.05) is 0 Å². The molecule has 0 bridgehead atoms. The number of anilines is 1. The van der Waals surface area contributed by atoms with E-state index in [4.69, 9.17) is 0 Å². The number of halogens is 3. The maximum Gasteiger partial charge on any atom is 0.416 e. The molecule has 2 nitrogen and oxygen atoms in total. The number of rotatable bonds is 1. The third-order valence-electron chi connectivity index (χ3n) is 3.82. The highest BCUT2D eigenvalue weighted by Gasteiger charge is 2.32. The number of benzene rings is 1. The molecular formula is C15H21F3N2. The molecule has 0 radical (unpaired) electrons. The molecule has 1 aliphatic heterocycles. The lowest BCUT2D eigenvalue weighted by Gasteiger charge is -2.30. The van der Waals surface area contributed by atoms with Gasteiger partial charge in [0.1, 0.15) is 0 Å². The summed E-state index contributed by atoms with van der Waals surface area (Å²) in [4.78, 5) is 2.06. The van der Waals surface area contributed by atoms with Crippen molar-refractivity contribution in [2.45, 2.75) is 38.9 Å². The van der Waals surface area contributed by atoms with Crippen molar-refractivity contribution in [1.82, 2.24) is 5.32 Å². The zero-order valence-electron chi connectivity index (χ0n) is 11.9. The minimum absolute atomic E-state index is 0.281. The quantitative estimate of drug-likeness (QED) is 0.848. The number of hydrogen-bond acceptors (Lipinski definition) is 2. The fourth-order valence-corrected chi connectivity index (χ4v) is 2.55. The Bertz CT molecular complexity index is 457. The second-order valence-electron chi connectivity index (χ2n) is 5.48. The summed E-state index contributed by atoms with van der Waals surface area (Å²) in [6.45, 7) is 6.11. The van der Waals surface area contributed by atoms with Gasteiger partial charge in [-0.25, -0.2) is 0 Å². The van der Waals surface area contributed by atoms with Crippen molar-refractivity contribution in [1.29, 1.82) is 0 Å². The van der Waals surface area contributed by atoms with E-state index in [1.165, 1.54) is 13.0 Å². The number of aryl methyl sites for hydroxylation is 1. The standard InChI is InChI=1S/C15H21F3N2/c1-11-4-5-13(10-14(11)15(16,17)18)20-8-3-7-19-12(2)6-9-20/h4-5,10,12,19H,3,6-9H2,1-2H3. The summed E-state index contributed by atoms with van der Waals surface area (Å²) in [5, 5.41) is 3.39. The Balaban J connectivity index is 2.23. The Morgan fingerprint density at radius 2 is 2.00 bits per heavy atom. The van der Waals surface area contributed by atoms with Gasteiger partial charge in [-0.2, -0.15) is 13.2 Å². The van der Waals surface area contributed by atoms with E-state index in [0.717, 1.165) is 32.5 Å². The van der Waals surface area contributed by atoms with Crippen LogP contribution in [-0.2, 0) is 6.18 Å². The van der Waals surface area contributed by atoms with Crippen molar-refractivity contribution < 1.29 is 13.2 Å². The number of alkyl halides is 3. The highest BCUT2D eigenvalue weighted by Crippen LogP contribution is 2.34. The maximum atomic E-state index is 13.0. The van der Waals surface area contributed by atoms with E-state index in [9.17, 15) is 13.2 Å². The lowest BCUT2D eigenvalue weighted by molar-refractivity contribution is -0.138. The predicted molar refractivity (Wildman–Crippen MR) is 75.1 cm³/mol. The maximum absolute atomic E-state index is 13.0. The zero-order chi connectivity index (χ0) is 14.8. The zero-order valence-corrected chi connectivity index (χ0v) is 11.9. The topological polar surface area (TPSA) is 15.3 Å². The van der Waals surface area contributed by atoms with Crippen molar-refractivity contribution in [2.24, 2.45) is 0 Å². The van der Waals surface area contributed by atoms with E-state index in [-0.39, 0.29) is 5.56 Å². The van der Waals surface area contributed by atoms with Gasteiger partial charge in [0.15, 0.2) is 0 Å². The summed E-state index contributed by atoms with van der Waals surface area (Å²) < 4.78 is 38.9. The van der Waals surface area contributed by atoms with Crippen LogP contribution in [0.2, 0.25) is 0 Å². The van der Waals surface area contributed by atoms with E-state index in [1.54, 1.807) is 12.1 Å². The number of nitrogens with one attached hydrogen (secondary N) is 1. The van der Waals surface area contributed by atoms with Gasteiger partial charge in [0.25, 0.3) is 0 Å². The molecule has 1 aromatic carbocycles. The number of hydrogen-bond donors (Lipinski definition) is 1. The Morgan fingerprint density at radius 1 is 1.25 bits per heavy atom. The van der Waals surface area contributed by atoms with Gasteiger partial charge in [0.05, 0.1) is 5.56 Å². The molecule has 2 rings (SSSR count). The van der Waals surface area contributed by atoms with Gasteiger partial charge in [-0.05, 0) is 50.9 Å². The van der Waals surface area contributed by atoms with E-state index >= 15 is 0 Å². The molecule has 1 unspecified atom stereocenters.